The zero-order valence-corrected chi connectivity index (χ0v) is 14.5. The van der Waals surface area contributed by atoms with Gasteiger partial charge in [-0.25, -0.2) is 4.98 Å². The molecule has 0 unspecified atom stereocenters. The van der Waals surface area contributed by atoms with Crippen molar-refractivity contribution in [2.75, 3.05) is 26.8 Å². The summed E-state index contributed by atoms with van der Waals surface area (Å²) in [6.45, 7) is 9.90. The van der Waals surface area contributed by atoms with E-state index in [1.807, 2.05) is 11.3 Å². The average molecular weight is 312 g/mol. The summed E-state index contributed by atoms with van der Waals surface area (Å²) in [5.41, 5.74) is 0.675. The highest BCUT2D eigenvalue weighted by molar-refractivity contribution is 7.11. The Balaban J connectivity index is 1.96. The van der Waals surface area contributed by atoms with Crippen molar-refractivity contribution < 1.29 is 9.84 Å². The second kappa shape index (κ2) is 7.18. The molecular weight excluding hydrogens is 284 g/mol. The fourth-order valence-corrected chi connectivity index (χ4v) is 4.22. The second-order valence-electron chi connectivity index (χ2n) is 6.19. The van der Waals surface area contributed by atoms with Crippen LogP contribution in [0.1, 0.15) is 42.3 Å². The molecule has 1 N–H and O–H groups in total. The number of aromatic nitrogens is 1. The number of thiazole rings is 1. The van der Waals surface area contributed by atoms with Gasteiger partial charge in [-0.3, -0.25) is 4.90 Å². The number of likely N-dealkylation sites (tertiary alicyclic amines) is 1. The molecule has 0 aromatic carbocycles. The van der Waals surface area contributed by atoms with E-state index in [1.54, 1.807) is 7.11 Å². The molecule has 1 fully saturated rings. The Morgan fingerprint density at radius 2 is 2.29 bits per heavy atom. The third-order valence-electron chi connectivity index (χ3n) is 4.64. The van der Waals surface area contributed by atoms with Crippen LogP contribution in [0.3, 0.4) is 0 Å². The van der Waals surface area contributed by atoms with Crippen LogP contribution in [0.5, 0.6) is 0 Å². The van der Waals surface area contributed by atoms with E-state index in [0.717, 1.165) is 43.9 Å². The maximum absolute atomic E-state index is 10.7. The number of ether oxygens (including phenoxy) is 1. The number of rotatable bonds is 6. The molecule has 0 saturated carbocycles. The Hall–Kier alpha value is -0.490. The number of methoxy groups -OCH3 is 1. The molecule has 0 aliphatic carbocycles. The van der Waals surface area contributed by atoms with Crippen LogP contribution in [-0.2, 0) is 17.7 Å². The van der Waals surface area contributed by atoms with Crippen molar-refractivity contribution in [3.05, 3.63) is 15.6 Å². The van der Waals surface area contributed by atoms with Crippen LogP contribution in [0.25, 0.3) is 0 Å². The Bertz CT molecular complexity index is 463. The van der Waals surface area contributed by atoms with Gasteiger partial charge in [0.2, 0.25) is 0 Å². The number of hydrogen-bond donors (Lipinski definition) is 1. The lowest BCUT2D eigenvalue weighted by atomic mass is 9.80. The zero-order valence-electron chi connectivity index (χ0n) is 13.7. The highest BCUT2D eigenvalue weighted by atomic mass is 32.1. The van der Waals surface area contributed by atoms with Gasteiger partial charge in [-0.1, -0.05) is 13.8 Å². The first kappa shape index (κ1) is 16.9. The Morgan fingerprint density at radius 1 is 1.52 bits per heavy atom. The molecule has 2 heterocycles. The van der Waals surface area contributed by atoms with Crippen LogP contribution in [-0.4, -0.2) is 47.4 Å². The average Bonchev–Trinajstić information content (AvgIpc) is 2.81. The topological polar surface area (TPSA) is 45.6 Å². The number of nitrogens with zero attached hydrogens (tertiary/aromatic N) is 2. The van der Waals surface area contributed by atoms with Crippen molar-refractivity contribution >= 4 is 11.3 Å². The lowest BCUT2D eigenvalue weighted by Crippen LogP contribution is -2.51. The van der Waals surface area contributed by atoms with Crippen LogP contribution >= 0.6 is 11.3 Å². The van der Waals surface area contributed by atoms with E-state index in [9.17, 15) is 5.11 Å². The molecule has 0 radical (unpaired) electrons. The predicted molar refractivity (Wildman–Crippen MR) is 86.7 cm³/mol. The van der Waals surface area contributed by atoms with Gasteiger partial charge in [-0.15, -0.1) is 11.3 Å². The zero-order chi connectivity index (χ0) is 15.5. The van der Waals surface area contributed by atoms with Gasteiger partial charge >= 0.3 is 0 Å². The SMILES string of the molecule is CCc1nc(C)sc1CN1CC[C@@](O)(CCOC)[C@H](C)C1. The first-order chi connectivity index (χ1) is 9.98. The largest absolute Gasteiger partial charge is 0.389 e. The second-order valence-corrected chi connectivity index (χ2v) is 7.48. The van der Waals surface area contributed by atoms with Crippen molar-refractivity contribution in [3.63, 3.8) is 0 Å². The first-order valence-corrected chi connectivity index (χ1v) is 8.69. The molecule has 120 valence electrons. The summed E-state index contributed by atoms with van der Waals surface area (Å²) in [6, 6.07) is 0. The quantitative estimate of drug-likeness (QED) is 0.877. The summed E-state index contributed by atoms with van der Waals surface area (Å²) in [5, 5.41) is 11.9. The summed E-state index contributed by atoms with van der Waals surface area (Å²) in [4.78, 5) is 8.46. The summed E-state index contributed by atoms with van der Waals surface area (Å²) >= 11 is 1.81. The smallest absolute Gasteiger partial charge is 0.0900 e. The third-order valence-corrected chi connectivity index (χ3v) is 5.63. The third kappa shape index (κ3) is 4.03. The molecular formula is C16H28N2O2S. The van der Waals surface area contributed by atoms with E-state index in [1.165, 1.54) is 10.6 Å². The molecule has 4 nitrogen and oxygen atoms in total. The number of aryl methyl sites for hydroxylation is 2. The van der Waals surface area contributed by atoms with Gasteiger partial charge in [0.25, 0.3) is 0 Å². The summed E-state index contributed by atoms with van der Waals surface area (Å²) < 4.78 is 5.13. The molecule has 1 aromatic rings. The van der Waals surface area contributed by atoms with E-state index >= 15 is 0 Å². The van der Waals surface area contributed by atoms with Crippen LogP contribution in [0, 0.1) is 12.8 Å². The Labute approximate surface area is 132 Å². The van der Waals surface area contributed by atoms with E-state index < -0.39 is 5.60 Å². The number of aliphatic hydroxyl groups is 1. The van der Waals surface area contributed by atoms with Crippen molar-refractivity contribution in [3.8, 4) is 0 Å². The van der Waals surface area contributed by atoms with Crippen molar-refractivity contribution in [1.29, 1.82) is 0 Å². The minimum atomic E-state index is -0.566. The summed E-state index contributed by atoms with van der Waals surface area (Å²) in [5.74, 6) is 0.278. The van der Waals surface area contributed by atoms with Crippen LogP contribution in [0.4, 0.5) is 0 Å². The maximum Gasteiger partial charge on any atom is 0.0900 e. The normalized spacial score (nSPS) is 27.2. The lowest BCUT2D eigenvalue weighted by molar-refractivity contribution is -0.0826. The molecule has 2 rings (SSSR count). The van der Waals surface area contributed by atoms with Crippen molar-refractivity contribution in [2.45, 2.75) is 52.2 Å². The van der Waals surface area contributed by atoms with E-state index in [0.29, 0.717) is 6.61 Å². The van der Waals surface area contributed by atoms with Gasteiger partial charge in [-0.2, -0.15) is 0 Å². The predicted octanol–water partition coefficient (Wildman–Crippen LogP) is 2.62. The van der Waals surface area contributed by atoms with Crippen LogP contribution in [0.2, 0.25) is 0 Å². The van der Waals surface area contributed by atoms with E-state index in [2.05, 4.69) is 30.7 Å². The summed E-state index contributed by atoms with van der Waals surface area (Å²) in [6.07, 6.45) is 2.57. The molecule has 0 amide bonds. The first-order valence-electron chi connectivity index (χ1n) is 7.87. The molecule has 0 bridgehead atoms. The van der Waals surface area contributed by atoms with Crippen LogP contribution in [0.15, 0.2) is 0 Å². The molecule has 2 atom stereocenters. The minimum absolute atomic E-state index is 0.278. The van der Waals surface area contributed by atoms with Crippen LogP contribution < -0.4 is 0 Å². The fraction of sp³-hybridized carbons (Fsp3) is 0.812. The highest BCUT2D eigenvalue weighted by Crippen LogP contribution is 2.32. The van der Waals surface area contributed by atoms with E-state index in [4.69, 9.17) is 4.74 Å². The van der Waals surface area contributed by atoms with Crippen molar-refractivity contribution in [1.82, 2.24) is 9.88 Å². The standard InChI is InChI=1S/C16H28N2O2S/c1-5-14-15(21-13(3)17-14)11-18-8-6-16(19,7-9-20-4)12(2)10-18/h12,19H,5-11H2,1-4H3/t12-,16-/m1/s1. The molecule has 1 saturated heterocycles. The molecule has 5 heteroatoms. The number of hydrogen-bond acceptors (Lipinski definition) is 5. The van der Waals surface area contributed by atoms with Gasteiger partial charge in [0.15, 0.2) is 0 Å². The Kier molecular flexibility index (Phi) is 5.77. The fourth-order valence-electron chi connectivity index (χ4n) is 3.16. The monoisotopic (exact) mass is 312 g/mol. The summed E-state index contributed by atoms with van der Waals surface area (Å²) in [7, 11) is 1.70. The molecule has 0 spiro atoms. The Morgan fingerprint density at radius 3 is 2.90 bits per heavy atom. The highest BCUT2D eigenvalue weighted by Gasteiger charge is 2.38. The van der Waals surface area contributed by atoms with Gasteiger partial charge in [0.1, 0.15) is 0 Å². The van der Waals surface area contributed by atoms with Gasteiger partial charge in [-0.05, 0) is 32.1 Å². The van der Waals surface area contributed by atoms with Crippen molar-refractivity contribution in [2.24, 2.45) is 5.92 Å². The molecule has 1 aliphatic rings. The molecule has 21 heavy (non-hydrogen) atoms. The minimum Gasteiger partial charge on any atom is -0.389 e. The van der Waals surface area contributed by atoms with Gasteiger partial charge < -0.3 is 9.84 Å². The maximum atomic E-state index is 10.7. The lowest BCUT2D eigenvalue weighted by Gasteiger charge is -2.43. The van der Waals surface area contributed by atoms with Gasteiger partial charge in [0.05, 0.1) is 16.3 Å². The van der Waals surface area contributed by atoms with Gasteiger partial charge in [0, 0.05) is 38.2 Å². The number of piperidine rings is 1. The molecule has 1 aliphatic heterocycles. The van der Waals surface area contributed by atoms with E-state index in [-0.39, 0.29) is 5.92 Å². The molecule has 1 aromatic heterocycles.